The average molecular weight is 434 g/mol. The van der Waals surface area contributed by atoms with Crippen LogP contribution in [0, 0.1) is 5.41 Å². The van der Waals surface area contributed by atoms with Gasteiger partial charge in [-0.3, -0.25) is 9.89 Å². The van der Waals surface area contributed by atoms with Crippen LogP contribution in [0.15, 0.2) is 35.5 Å². The lowest BCUT2D eigenvalue weighted by Gasteiger charge is -2.39. The maximum absolute atomic E-state index is 12.7. The molecule has 7 heteroatoms. The highest BCUT2D eigenvalue weighted by molar-refractivity contribution is 5.88. The number of ether oxygens (including phenoxy) is 1. The first-order valence-electron chi connectivity index (χ1n) is 10.8. The van der Waals surface area contributed by atoms with Gasteiger partial charge in [0.1, 0.15) is 16.9 Å². The average Bonchev–Trinajstić information content (AvgIpc) is 3.32. The van der Waals surface area contributed by atoms with E-state index in [2.05, 4.69) is 50.9 Å². The first-order valence-corrected chi connectivity index (χ1v) is 10.8. The summed E-state index contributed by atoms with van der Waals surface area (Å²) >= 11 is 0. The Kier molecular flexibility index (Phi) is 4.22. The van der Waals surface area contributed by atoms with Crippen LogP contribution in [0.4, 0.5) is 0 Å². The highest BCUT2D eigenvalue weighted by atomic mass is 16.5. The van der Waals surface area contributed by atoms with Gasteiger partial charge in [-0.1, -0.05) is 20.8 Å². The van der Waals surface area contributed by atoms with Crippen molar-refractivity contribution < 1.29 is 14.6 Å². The van der Waals surface area contributed by atoms with Crippen molar-refractivity contribution in [2.75, 3.05) is 0 Å². The predicted octanol–water partition coefficient (Wildman–Crippen LogP) is 4.46. The lowest BCUT2D eigenvalue weighted by atomic mass is 9.76. The lowest BCUT2D eigenvalue weighted by Crippen LogP contribution is -2.33. The van der Waals surface area contributed by atoms with E-state index in [1.165, 1.54) is 23.4 Å². The minimum Gasteiger partial charge on any atom is -0.487 e. The van der Waals surface area contributed by atoms with Gasteiger partial charge < -0.3 is 14.4 Å². The van der Waals surface area contributed by atoms with E-state index in [0.717, 1.165) is 41.0 Å². The molecule has 0 amide bonds. The lowest BCUT2D eigenvalue weighted by molar-refractivity contribution is 0.0693. The summed E-state index contributed by atoms with van der Waals surface area (Å²) in [6.45, 7) is 10.6. The standard InChI is InChI=1S/C25H27N3O4/c1-24(2,3)21-7-15-16(19-8-20(29)18(23(30)31)12-28(19)21)6-14(13-10-26-27-11-13)22-17(15)9-25(4,5)32-22/h6,8,10-12,21H,7,9H2,1-5H3,(H,26,27)(H,30,31). The summed E-state index contributed by atoms with van der Waals surface area (Å²) in [5.41, 5.74) is 4.72. The third-order valence-electron chi connectivity index (χ3n) is 6.61. The number of carboxylic acids is 1. The Morgan fingerprint density at radius 3 is 2.62 bits per heavy atom. The summed E-state index contributed by atoms with van der Waals surface area (Å²) in [6.07, 6.45) is 6.62. The van der Waals surface area contributed by atoms with Gasteiger partial charge in [-0.05, 0) is 37.3 Å². The number of pyridine rings is 1. The number of fused-ring (bicyclic) bond motifs is 5. The summed E-state index contributed by atoms with van der Waals surface area (Å²) < 4.78 is 8.40. The van der Waals surface area contributed by atoms with Crippen LogP contribution < -0.4 is 10.2 Å². The molecule has 0 bridgehead atoms. The number of benzene rings is 1. The number of carboxylic acid groups (broad SMARTS) is 1. The van der Waals surface area contributed by atoms with Crippen LogP contribution in [-0.2, 0) is 12.8 Å². The predicted molar refractivity (Wildman–Crippen MR) is 121 cm³/mol. The number of aromatic carboxylic acids is 1. The van der Waals surface area contributed by atoms with Crippen LogP contribution in [-0.4, -0.2) is 31.4 Å². The van der Waals surface area contributed by atoms with Gasteiger partial charge in [-0.15, -0.1) is 0 Å². The van der Waals surface area contributed by atoms with Crippen LogP contribution in [0.25, 0.3) is 22.4 Å². The second kappa shape index (κ2) is 6.58. The van der Waals surface area contributed by atoms with Gasteiger partial charge in [0.05, 0.1) is 11.9 Å². The van der Waals surface area contributed by atoms with Gasteiger partial charge in [0.25, 0.3) is 0 Å². The summed E-state index contributed by atoms with van der Waals surface area (Å²) in [7, 11) is 0. The fourth-order valence-corrected chi connectivity index (χ4v) is 5.07. The number of hydrogen-bond acceptors (Lipinski definition) is 4. The Labute approximate surface area is 186 Å². The van der Waals surface area contributed by atoms with Gasteiger partial charge in [0.2, 0.25) is 0 Å². The van der Waals surface area contributed by atoms with E-state index in [1.54, 1.807) is 6.20 Å². The maximum Gasteiger partial charge on any atom is 0.341 e. The normalized spacial score (nSPS) is 18.5. The second-order valence-corrected chi connectivity index (χ2v) is 10.5. The van der Waals surface area contributed by atoms with E-state index >= 15 is 0 Å². The zero-order valence-corrected chi connectivity index (χ0v) is 18.9. The van der Waals surface area contributed by atoms with Crippen molar-refractivity contribution >= 4 is 5.97 Å². The number of aromatic nitrogens is 3. The van der Waals surface area contributed by atoms with Gasteiger partial charge in [0, 0.05) is 53.2 Å². The molecule has 2 aliphatic rings. The van der Waals surface area contributed by atoms with Crippen molar-refractivity contribution in [1.29, 1.82) is 0 Å². The molecule has 0 saturated carbocycles. The van der Waals surface area contributed by atoms with Gasteiger partial charge in [0.15, 0.2) is 5.43 Å². The number of nitrogens with one attached hydrogen (secondary N) is 1. The van der Waals surface area contributed by atoms with Crippen LogP contribution in [0.3, 0.4) is 0 Å². The van der Waals surface area contributed by atoms with Crippen LogP contribution >= 0.6 is 0 Å². The first kappa shape index (κ1) is 20.5. The number of nitrogens with zero attached hydrogens (tertiary/aromatic N) is 2. The molecule has 0 radical (unpaired) electrons. The quantitative estimate of drug-likeness (QED) is 0.622. The molecule has 166 valence electrons. The zero-order valence-electron chi connectivity index (χ0n) is 18.9. The number of rotatable bonds is 2. The largest absolute Gasteiger partial charge is 0.487 e. The van der Waals surface area contributed by atoms with Crippen LogP contribution in [0.1, 0.15) is 62.1 Å². The van der Waals surface area contributed by atoms with Crippen molar-refractivity contribution in [3.05, 3.63) is 57.6 Å². The number of aromatic amines is 1. The van der Waals surface area contributed by atoms with E-state index in [4.69, 9.17) is 4.74 Å². The molecular weight excluding hydrogens is 406 g/mol. The highest BCUT2D eigenvalue weighted by Gasteiger charge is 2.40. The van der Waals surface area contributed by atoms with E-state index in [0.29, 0.717) is 0 Å². The Morgan fingerprint density at radius 2 is 2.00 bits per heavy atom. The molecule has 5 rings (SSSR count). The van der Waals surface area contributed by atoms with Crippen molar-refractivity contribution in [2.45, 2.75) is 59.1 Å². The SMILES string of the molecule is CC1(C)Cc2c3c(cc(-c4cn[nH]c4)c2O1)-c1cc(=O)c(C(=O)O)cn1C(C(C)(C)C)C3. The van der Waals surface area contributed by atoms with Crippen LogP contribution in [0.2, 0.25) is 0 Å². The Morgan fingerprint density at radius 1 is 1.25 bits per heavy atom. The summed E-state index contributed by atoms with van der Waals surface area (Å²) in [6, 6.07) is 3.54. The number of H-pyrrole nitrogens is 1. The van der Waals surface area contributed by atoms with Crippen molar-refractivity contribution in [2.24, 2.45) is 5.41 Å². The molecule has 1 unspecified atom stereocenters. The number of carbonyl (C=O) groups is 1. The minimum absolute atomic E-state index is 0.00344. The second-order valence-electron chi connectivity index (χ2n) is 10.5. The van der Waals surface area contributed by atoms with Gasteiger partial charge >= 0.3 is 5.97 Å². The molecule has 4 heterocycles. The van der Waals surface area contributed by atoms with E-state index in [1.807, 2.05) is 10.8 Å². The molecule has 32 heavy (non-hydrogen) atoms. The molecular formula is C25H27N3O4. The first-order chi connectivity index (χ1) is 15.0. The molecule has 3 aromatic rings. The molecule has 2 N–H and O–H groups in total. The van der Waals surface area contributed by atoms with Crippen molar-refractivity contribution in [3.8, 4) is 28.1 Å². The highest BCUT2D eigenvalue weighted by Crippen LogP contribution is 2.51. The third-order valence-corrected chi connectivity index (χ3v) is 6.61. The Balaban J connectivity index is 1.85. The van der Waals surface area contributed by atoms with Crippen molar-refractivity contribution in [3.63, 3.8) is 0 Å². The van der Waals surface area contributed by atoms with Gasteiger partial charge in [-0.25, -0.2) is 4.79 Å². The fourth-order valence-electron chi connectivity index (χ4n) is 5.07. The molecule has 2 aromatic heterocycles. The molecule has 7 nitrogen and oxygen atoms in total. The Hall–Kier alpha value is -3.35. The smallest absolute Gasteiger partial charge is 0.341 e. The third kappa shape index (κ3) is 3.06. The summed E-state index contributed by atoms with van der Waals surface area (Å²) in [4.78, 5) is 24.4. The molecule has 0 fully saturated rings. The summed E-state index contributed by atoms with van der Waals surface area (Å²) in [5, 5.41) is 16.5. The maximum atomic E-state index is 12.7. The zero-order chi connectivity index (χ0) is 23.0. The molecule has 0 aliphatic carbocycles. The molecule has 2 aliphatic heterocycles. The van der Waals surface area contributed by atoms with Crippen LogP contribution in [0.5, 0.6) is 5.75 Å². The van der Waals surface area contributed by atoms with E-state index < -0.39 is 11.4 Å². The van der Waals surface area contributed by atoms with Gasteiger partial charge in [-0.2, -0.15) is 5.10 Å². The fraction of sp³-hybridized carbons (Fsp3) is 0.400. The monoisotopic (exact) mass is 433 g/mol. The Bertz CT molecular complexity index is 1310. The topological polar surface area (TPSA) is 97.2 Å². The van der Waals surface area contributed by atoms with E-state index in [-0.39, 0.29) is 22.6 Å². The molecule has 1 atom stereocenters. The summed E-state index contributed by atoms with van der Waals surface area (Å²) in [5.74, 6) is -0.326. The van der Waals surface area contributed by atoms with E-state index in [9.17, 15) is 14.7 Å². The van der Waals surface area contributed by atoms with Crippen molar-refractivity contribution in [1.82, 2.24) is 14.8 Å². The molecule has 0 saturated heterocycles. The number of hydrogen-bond donors (Lipinski definition) is 2. The minimum atomic E-state index is -1.20. The molecule has 0 spiro atoms. The molecule has 1 aromatic carbocycles.